The van der Waals surface area contributed by atoms with Crippen molar-refractivity contribution in [1.29, 1.82) is 0 Å². The van der Waals surface area contributed by atoms with Crippen LogP contribution in [0.4, 0.5) is 0 Å². The number of aromatic nitrogens is 1. The normalized spacial score (nSPS) is 11.8. The predicted octanol–water partition coefficient (Wildman–Crippen LogP) is 1.11. The number of amides is 1. The number of Topliss-reactive ketones (excluding diaryl/α,β-unsaturated/α-hetero) is 1. The minimum absolute atomic E-state index is 0.107. The van der Waals surface area contributed by atoms with Crippen molar-refractivity contribution >= 4 is 11.7 Å². The van der Waals surface area contributed by atoms with Crippen LogP contribution in [-0.2, 0) is 4.79 Å². The van der Waals surface area contributed by atoms with E-state index in [0.717, 1.165) is 4.57 Å². The van der Waals surface area contributed by atoms with Crippen molar-refractivity contribution in [3.05, 3.63) is 70.6 Å². The van der Waals surface area contributed by atoms with Gasteiger partial charge in [-0.05, 0) is 13.0 Å². The summed E-state index contributed by atoms with van der Waals surface area (Å²) in [7, 11) is 0. The Labute approximate surface area is 140 Å². The molecule has 126 valence electrons. The van der Waals surface area contributed by atoms with E-state index in [9.17, 15) is 14.4 Å². The first-order valence-corrected chi connectivity index (χ1v) is 7.76. The highest BCUT2D eigenvalue weighted by Gasteiger charge is 2.32. The minimum atomic E-state index is -1.28. The molecule has 1 aromatic carbocycles. The maximum absolute atomic E-state index is 12.9. The number of likely N-dealkylation sites (N-methyl/N-ethyl adjacent to an activating group) is 1. The summed E-state index contributed by atoms with van der Waals surface area (Å²) in [6, 6.07) is 11.6. The molecule has 1 unspecified atom stereocenters. The molecule has 2 rings (SSSR count). The molecular weight excluding hydrogens is 308 g/mol. The maximum atomic E-state index is 12.9. The number of aliphatic hydroxyl groups is 1. The molecule has 1 heterocycles. The quantitative estimate of drug-likeness (QED) is 0.610. The number of pyridine rings is 1. The highest BCUT2D eigenvalue weighted by atomic mass is 16.3. The van der Waals surface area contributed by atoms with Crippen LogP contribution in [0.25, 0.3) is 0 Å². The van der Waals surface area contributed by atoms with Gasteiger partial charge in [-0.3, -0.25) is 19.0 Å². The standard InChI is InChI=1S/C18H20N2O4/c1-2-19(12-13-21)18(24)16(20-11-7-6-10-15(20)22)17(23)14-8-4-3-5-9-14/h3-11,16,21H,2,12-13H2,1H3. The first-order chi connectivity index (χ1) is 11.6. The molecule has 0 bridgehead atoms. The van der Waals surface area contributed by atoms with E-state index in [1.807, 2.05) is 0 Å². The van der Waals surface area contributed by atoms with Crippen LogP contribution < -0.4 is 5.56 Å². The zero-order valence-corrected chi connectivity index (χ0v) is 13.5. The molecule has 1 amide bonds. The van der Waals surface area contributed by atoms with Crippen molar-refractivity contribution in [3.63, 3.8) is 0 Å². The lowest BCUT2D eigenvalue weighted by Gasteiger charge is -2.26. The van der Waals surface area contributed by atoms with Gasteiger partial charge in [-0.15, -0.1) is 0 Å². The fourth-order valence-electron chi connectivity index (χ4n) is 2.49. The summed E-state index contributed by atoms with van der Waals surface area (Å²) < 4.78 is 1.14. The van der Waals surface area contributed by atoms with Gasteiger partial charge in [0, 0.05) is 30.9 Å². The van der Waals surface area contributed by atoms with E-state index >= 15 is 0 Å². The average molecular weight is 328 g/mol. The zero-order chi connectivity index (χ0) is 17.5. The topological polar surface area (TPSA) is 79.6 Å². The third kappa shape index (κ3) is 3.78. The van der Waals surface area contributed by atoms with Crippen LogP contribution in [0, 0.1) is 0 Å². The van der Waals surface area contributed by atoms with Gasteiger partial charge in [0.1, 0.15) is 0 Å². The van der Waals surface area contributed by atoms with Crippen LogP contribution in [-0.4, -0.2) is 46.0 Å². The van der Waals surface area contributed by atoms with Crippen molar-refractivity contribution in [1.82, 2.24) is 9.47 Å². The van der Waals surface area contributed by atoms with E-state index in [1.165, 1.54) is 17.2 Å². The molecule has 0 aliphatic rings. The number of hydrogen-bond acceptors (Lipinski definition) is 4. The van der Waals surface area contributed by atoms with E-state index in [-0.39, 0.29) is 13.2 Å². The summed E-state index contributed by atoms with van der Waals surface area (Å²) >= 11 is 0. The van der Waals surface area contributed by atoms with Crippen molar-refractivity contribution in [2.45, 2.75) is 13.0 Å². The van der Waals surface area contributed by atoms with E-state index in [0.29, 0.717) is 12.1 Å². The van der Waals surface area contributed by atoms with Gasteiger partial charge in [-0.1, -0.05) is 36.4 Å². The van der Waals surface area contributed by atoms with Gasteiger partial charge in [0.15, 0.2) is 11.8 Å². The molecule has 6 heteroatoms. The van der Waals surface area contributed by atoms with E-state index in [4.69, 9.17) is 5.11 Å². The number of aliphatic hydroxyl groups excluding tert-OH is 1. The van der Waals surface area contributed by atoms with Crippen molar-refractivity contribution in [3.8, 4) is 0 Å². The molecule has 6 nitrogen and oxygen atoms in total. The summed E-state index contributed by atoms with van der Waals surface area (Å²) in [5.74, 6) is -0.959. The third-order valence-corrected chi connectivity index (χ3v) is 3.73. The molecular formula is C18H20N2O4. The number of nitrogens with zero attached hydrogens (tertiary/aromatic N) is 2. The number of ketones is 1. The number of carbonyl (C=O) groups excluding carboxylic acids is 2. The third-order valence-electron chi connectivity index (χ3n) is 3.73. The number of hydrogen-bond donors (Lipinski definition) is 1. The molecule has 0 saturated heterocycles. The molecule has 1 N–H and O–H groups in total. The first kappa shape index (κ1) is 17.6. The van der Waals surface area contributed by atoms with Gasteiger partial charge in [0.2, 0.25) is 0 Å². The summed E-state index contributed by atoms with van der Waals surface area (Å²) in [5.41, 5.74) is -0.0770. The minimum Gasteiger partial charge on any atom is -0.395 e. The Kier molecular flexibility index (Phi) is 6.03. The van der Waals surface area contributed by atoms with Crippen LogP contribution in [0.3, 0.4) is 0 Å². The molecule has 0 fully saturated rings. The molecule has 0 saturated carbocycles. The lowest BCUT2D eigenvalue weighted by atomic mass is 10.0. The van der Waals surface area contributed by atoms with Crippen molar-refractivity contribution in [2.75, 3.05) is 19.7 Å². The lowest BCUT2D eigenvalue weighted by molar-refractivity contribution is -0.133. The number of carbonyl (C=O) groups is 2. The molecule has 2 aromatic rings. The summed E-state index contributed by atoms with van der Waals surface area (Å²) in [4.78, 5) is 39.3. The SMILES string of the molecule is CCN(CCO)C(=O)C(C(=O)c1ccccc1)n1ccccc1=O. The average Bonchev–Trinajstić information content (AvgIpc) is 2.62. The molecule has 0 aliphatic carbocycles. The van der Waals surface area contributed by atoms with Crippen LogP contribution in [0.2, 0.25) is 0 Å². The predicted molar refractivity (Wildman–Crippen MR) is 89.9 cm³/mol. The Balaban J connectivity index is 2.50. The Morgan fingerprint density at radius 2 is 1.79 bits per heavy atom. The summed E-state index contributed by atoms with van der Waals surface area (Å²) in [6.45, 7) is 1.98. The fraction of sp³-hybridized carbons (Fsp3) is 0.278. The van der Waals surface area contributed by atoms with Gasteiger partial charge in [0.05, 0.1) is 6.61 Å². The Morgan fingerprint density at radius 3 is 2.38 bits per heavy atom. The van der Waals surface area contributed by atoms with Crippen LogP contribution in [0.1, 0.15) is 23.3 Å². The van der Waals surface area contributed by atoms with Crippen LogP contribution >= 0.6 is 0 Å². The monoisotopic (exact) mass is 328 g/mol. The second-order valence-electron chi connectivity index (χ2n) is 5.22. The van der Waals surface area contributed by atoms with Gasteiger partial charge >= 0.3 is 0 Å². The Morgan fingerprint density at radius 1 is 1.12 bits per heavy atom. The zero-order valence-electron chi connectivity index (χ0n) is 13.5. The molecule has 0 radical (unpaired) electrons. The van der Waals surface area contributed by atoms with Gasteiger partial charge < -0.3 is 10.0 Å². The van der Waals surface area contributed by atoms with Crippen LogP contribution in [0.5, 0.6) is 0 Å². The van der Waals surface area contributed by atoms with E-state index in [2.05, 4.69) is 0 Å². The van der Waals surface area contributed by atoms with Gasteiger partial charge in [-0.25, -0.2) is 0 Å². The Bertz CT molecular complexity index is 755. The largest absolute Gasteiger partial charge is 0.395 e. The molecule has 24 heavy (non-hydrogen) atoms. The number of benzene rings is 1. The van der Waals surface area contributed by atoms with Gasteiger partial charge in [-0.2, -0.15) is 0 Å². The highest BCUT2D eigenvalue weighted by Crippen LogP contribution is 2.16. The second-order valence-corrected chi connectivity index (χ2v) is 5.22. The van der Waals surface area contributed by atoms with Crippen LogP contribution in [0.15, 0.2) is 59.5 Å². The molecule has 1 atom stereocenters. The molecule has 0 spiro atoms. The second kappa shape index (κ2) is 8.21. The van der Waals surface area contributed by atoms with Gasteiger partial charge in [0.25, 0.3) is 11.5 Å². The highest BCUT2D eigenvalue weighted by molar-refractivity contribution is 6.11. The van der Waals surface area contributed by atoms with Crippen molar-refractivity contribution in [2.24, 2.45) is 0 Å². The smallest absolute Gasteiger partial charge is 0.253 e. The summed E-state index contributed by atoms with van der Waals surface area (Å²) in [6.07, 6.45) is 1.43. The number of rotatable bonds is 7. The first-order valence-electron chi connectivity index (χ1n) is 7.76. The fourth-order valence-corrected chi connectivity index (χ4v) is 2.49. The molecule has 1 aromatic heterocycles. The Hall–Kier alpha value is -2.73. The maximum Gasteiger partial charge on any atom is 0.253 e. The lowest BCUT2D eigenvalue weighted by Crippen LogP contribution is -2.44. The molecule has 0 aliphatic heterocycles. The van der Waals surface area contributed by atoms with Crippen molar-refractivity contribution < 1.29 is 14.7 Å². The van der Waals surface area contributed by atoms with E-state index in [1.54, 1.807) is 49.4 Å². The summed E-state index contributed by atoms with van der Waals surface area (Å²) in [5, 5.41) is 9.13. The van der Waals surface area contributed by atoms with E-state index < -0.39 is 23.3 Å².